The molecule has 0 bridgehead atoms. The number of nitriles is 1. The molecular formula is C23H17BrFNO. The van der Waals surface area contributed by atoms with Gasteiger partial charge in [-0.15, -0.1) is 0 Å². The summed E-state index contributed by atoms with van der Waals surface area (Å²) in [7, 11) is 0. The number of allylic oxidation sites excluding steroid dienone is 1. The summed E-state index contributed by atoms with van der Waals surface area (Å²) in [5, 5.41) is 9.41. The molecule has 0 radical (unpaired) electrons. The highest BCUT2D eigenvalue weighted by atomic mass is 79.9. The smallest absolute Gasteiger partial charge is 0.134 e. The molecule has 0 heterocycles. The van der Waals surface area contributed by atoms with Crippen molar-refractivity contribution in [1.29, 1.82) is 5.26 Å². The van der Waals surface area contributed by atoms with Gasteiger partial charge in [0.25, 0.3) is 0 Å². The van der Waals surface area contributed by atoms with E-state index in [1.165, 1.54) is 17.7 Å². The first kappa shape index (κ1) is 18.9. The lowest BCUT2D eigenvalue weighted by Gasteiger charge is -2.10. The predicted octanol–water partition coefficient (Wildman–Crippen LogP) is 6.54. The molecule has 0 fully saturated rings. The van der Waals surface area contributed by atoms with E-state index < -0.39 is 0 Å². The highest BCUT2D eigenvalue weighted by molar-refractivity contribution is 9.10. The molecule has 2 nitrogen and oxygen atoms in total. The van der Waals surface area contributed by atoms with Crippen LogP contribution in [-0.4, -0.2) is 0 Å². The summed E-state index contributed by atoms with van der Waals surface area (Å²) in [6.45, 7) is 2.52. The van der Waals surface area contributed by atoms with Crippen molar-refractivity contribution in [3.8, 4) is 11.8 Å². The maximum Gasteiger partial charge on any atom is 0.134 e. The van der Waals surface area contributed by atoms with E-state index in [4.69, 9.17) is 4.74 Å². The molecule has 4 heteroatoms. The van der Waals surface area contributed by atoms with Crippen molar-refractivity contribution >= 4 is 27.6 Å². The van der Waals surface area contributed by atoms with E-state index in [1.807, 2.05) is 43.3 Å². The van der Waals surface area contributed by atoms with Gasteiger partial charge in [0.1, 0.15) is 18.2 Å². The number of hydrogen-bond acceptors (Lipinski definition) is 2. The third-order valence-corrected chi connectivity index (χ3v) is 4.62. The zero-order valence-electron chi connectivity index (χ0n) is 14.7. The topological polar surface area (TPSA) is 33.0 Å². The van der Waals surface area contributed by atoms with Crippen LogP contribution < -0.4 is 4.74 Å². The van der Waals surface area contributed by atoms with E-state index in [-0.39, 0.29) is 5.82 Å². The van der Waals surface area contributed by atoms with E-state index >= 15 is 0 Å². The Balaban J connectivity index is 1.78. The summed E-state index contributed by atoms with van der Waals surface area (Å²) in [4.78, 5) is 0. The maximum atomic E-state index is 13.4. The van der Waals surface area contributed by atoms with Crippen molar-refractivity contribution < 1.29 is 9.13 Å². The fourth-order valence-electron chi connectivity index (χ4n) is 2.69. The molecule has 0 atom stereocenters. The molecule has 0 saturated carbocycles. The lowest BCUT2D eigenvalue weighted by atomic mass is 10.0. The predicted molar refractivity (Wildman–Crippen MR) is 110 cm³/mol. The lowest BCUT2D eigenvalue weighted by Crippen LogP contribution is -1.96. The van der Waals surface area contributed by atoms with E-state index in [0.29, 0.717) is 17.7 Å². The van der Waals surface area contributed by atoms with Crippen LogP contribution in [0.4, 0.5) is 4.39 Å². The summed E-state index contributed by atoms with van der Waals surface area (Å²) < 4.78 is 20.1. The molecule has 0 aliphatic carbocycles. The van der Waals surface area contributed by atoms with Gasteiger partial charge in [0.2, 0.25) is 0 Å². The molecule has 3 aromatic carbocycles. The van der Waals surface area contributed by atoms with Crippen LogP contribution >= 0.6 is 15.9 Å². The summed E-state index contributed by atoms with van der Waals surface area (Å²) in [5.41, 5.74) is 4.06. The number of rotatable bonds is 5. The quantitative estimate of drug-likeness (QED) is 0.346. The molecule has 134 valence electrons. The molecule has 0 aromatic heterocycles. The first-order chi connectivity index (χ1) is 13.0. The fraction of sp³-hybridized carbons (Fsp3) is 0.0870. The van der Waals surface area contributed by atoms with Gasteiger partial charge < -0.3 is 4.74 Å². The van der Waals surface area contributed by atoms with Crippen LogP contribution in [0.2, 0.25) is 0 Å². The summed E-state index contributed by atoms with van der Waals surface area (Å²) in [6, 6.07) is 21.9. The number of hydrogen-bond donors (Lipinski definition) is 0. The minimum Gasteiger partial charge on any atom is -0.488 e. The van der Waals surface area contributed by atoms with Crippen LogP contribution in [0.5, 0.6) is 5.75 Å². The monoisotopic (exact) mass is 421 g/mol. The summed E-state index contributed by atoms with van der Waals surface area (Å²) in [6.07, 6.45) is 1.73. The van der Waals surface area contributed by atoms with Gasteiger partial charge in [-0.3, -0.25) is 0 Å². The minimum absolute atomic E-state index is 0.366. The molecule has 0 N–H and O–H groups in total. The van der Waals surface area contributed by atoms with Crippen LogP contribution in [0.25, 0.3) is 11.6 Å². The first-order valence-corrected chi connectivity index (χ1v) is 9.20. The largest absolute Gasteiger partial charge is 0.488 e. The molecule has 0 aliphatic rings. The summed E-state index contributed by atoms with van der Waals surface area (Å²) in [5.74, 6) is 0.354. The zero-order valence-corrected chi connectivity index (χ0v) is 16.3. The van der Waals surface area contributed by atoms with Gasteiger partial charge in [-0.1, -0.05) is 48.0 Å². The van der Waals surface area contributed by atoms with Gasteiger partial charge in [0.15, 0.2) is 0 Å². The van der Waals surface area contributed by atoms with Crippen molar-refractivity contribution in [1.82, 2.24) is 0 Å². The number of benzene rings is 3. The first-order valence-electron chi connectivity index (χ1n) is 8.41. The molecule has 27 heavy (non-hydrogen) atoms. The Hall–Kier alpha value is -2.90. The Morgan fingerprint density at radius 3 is 2.63 bits per heavy atom. The van der Waals surface area contributed by atoms with E-state index in [9.17, 15) is 9.65 Å². The number of aryl methyl sites for hydroxylation is 1. The number of nitrogens with zero attached hydrogens (tertiary/aromatic N) is 1. The van der Waals surface area contributed by atoms with E-state index in [2.05, 4.69) is 28.1 Å². The molecular weight excluding hydrogens is 405 g/mol. The van der Waals surface area contributed by atoms with Gasteiger partial charge in [-0.05, 0) is 69.9 Å². The standard InChI is InChI=1S/C23H17BrFNO/c1-16-4-2-5-18(10-16)15-27-23-9-8-17(12-22(23)24)11-20(14-26)19-6-3-7-21(25)13-19/h2-13H,15H2,1H3/b20-11-. The van der Waals surface area contributed by atoms with Crippen LogP contribution in [0.15, 0.2) is 71.2 Å². The Labute approximate surface area is 166 Å². The Kier molecular flexibility index (Phi) is 6.05. The van der Waals surface area contributed by atoms with Gasteiger partial charge in [-0.25, -0.2) is 4.39 Å². The van der Waals surface area contributed by atoms with E-state index in [0.717, 1.165) is 21.3 Å². The molecule has 0 spiro atoms. The maximum absolute atomic E-state index is 13.4. The van der Waals surface area contributed by atoms with Gasteiger partial charge >= 0.3 is 0 Å². The fourth-order valence-corrected chi connectivity index (χ4v) is 3.20. The number of halogens is 2. The van der Waals surface area contributed by atoms with Crippen molar-refractivity contribution in [2.24, 2.45) is 0 Å². The third kappa shape index (κ3) is 5.06. The lowest BCUT2D eigenvalue weighted by molar-refractivity contribution is 0.304. The van der Waals surface area contributed by atoms with Crippen LogP contribution in [0.3, 0.4) is 0 Å². The Bertz CT molecular complexity index is 1040. The van der Waals surface area contributed by atoms with E-state index in [1.54, 1.807) is 18.2 Å². The average Bonchev–Trinajstić information content (AvgIpc) is 2.65. The molecule has 3 rings (SSSR count). The second-order valence-electron chi connectivity index (χ2n) is 6.15. The molecule has 3 aromatic rings. The van der Waals surface area contributed by atoms with Crippen molar-refractivity contribution in [2.75, 3.05) is 0 Å². The second-order valence-corrected chi connectivity index (χ2v) is 7.00. The van der Waals surface area contributed by atoms with Crippen LogP contribution in [-0.2, 0) is 6.61 Å². The van der Waals surface area contributed by atoms with Gasteiger partial charge in [-0.2, -0.15) is 5.26 Å². The minimum atomic E-state index is -0.366. The van der Waals surface area contributed by atoms with Crippen molar-refractivity contribution in [2.45, 2.75) is 13.5 Å². The van der Waals surface area contributed by atoms with Gasteiger partial charge in [0.05, 0.1) is 16.1 Å². The zero-order chi connectivity index (χ0) is 19.2. The highest BCUT2D eigenvalue weighted by Gasteiger charge is 2.06. The second kappa shape index (κ2) is 8.66. The molecule has 0 amide bonds. The molecule has 0 aliphatic heterocycles. The molecule has 0 unspecified atom stereocenters. The van der Waals surface area contributed by atoms with Crippen molar-refractivity contribution in [3.05, 3.63) is 99.3 Å². The molecule has 0 saturated heterocycles. The SMILES string of the molecule is Cc1cccc(COc2ccc(/C=C(/C#N)c3cccc(F)c3)cc2Br)c1. The van der Waals surface area contributed by atoms with Gasteiger partial charge in [0, 0.05) is 0 Å². The van der Waals surface area contributed by atoms with Crippen LogP contribution in [0.1, 0.15) is 22.3 Å². The number of ether oxygens (including phenoxy) is 1. The van der Waals surface area contributed by atoms with Crippen LogP contribution in [0, 0.1) is 24.1 Å². The Morgan fingerprint density at radius 2 is 1.93 bits per heavy atom. The normalized spacial score (nSPS) is 11.1. The highest BCUT2D eigenvalue weighted by Crippen LogP contribution is 2.29. The third-order valence-electron chi connectivity index (χ3n) is 4.00. The average molecular weight is 422 g/mol. The summed E-state index contributed by atoms with van der Waals surface area (Å²) >= 11 is 3.52. The van der Waals surface area contributed by atoms with Crippen molar-refractivity contribution in [3.63, 3.8) is 0 Å². The Morgan fingerprint density at radius 1 is 1.11 bits per heavy atom.